The molecule has 2 heterocycles. The van der Waals surface area contributed by atoms with Crippen LogP contribution in [0.5, 0.6) is 5.88 Å². The van der Waals surface area contributed by atoms with Crippen molar-refractivity contribution in [1.82, 2.24) is 4.98 Å². The average molecular weight is 508 g/mol. The number of hydrogen-bond donors (Lipinski definition) is 0. The predicted octanol–water partition coefficient (Wildman–Crippen LogP) is 7.42. The second-order valence-electron chi connectivity index (χ2n) is 9.77. The first-order chi connectivity index (χ1) is 17.9. The van der Waals surface area contributed by atoms with E-state index in [-0.39, 0.29) is 17.5 Å². The molecule has 0 aliphatic heterocycles. The molecule has 0 aliphatic carbocycles. The van der Waals surface area contributed by atoms with Crippen molar-refractivity contribution in [1.29, 1.82) is 0 Å². The number of carbonyl (C=O) groups is 1. The molecule has 0 spiro atoms. The van der Waals surface area contributed by atoms with E-state index in [1.165, 1.54) is 6.42 Å². The zero-order valence-corrected chi connectivity index (χ0v) is 22.8. The van der Waals surface area contributed by atoms with E-state index < -0.39 is 0 Å². The minimum absolute atomic E-state index is 0.00325. The molecular formula is C31H41NO5. The maximum atomic E-state index is 12.8. The quantitative estimate of drug-likeness (QED) is 0.157. The molecule has 0 aliphatic rings. The van der Waals surface area contributed by atoms with Crippen LogP contribution in [-0.4, -0.2) is 24.2 Å². The molecule has 0 bridgehead atoms. The van der Waals surface area contributed by atoms with E-state index in [9.17, 15) is 9.59 Å². The second kappa shape index (κ2) is 14.6. The number of unbranched alkanes of at least 4 members (excludes halogenated alkanes) is 6. The van der Waals surface area contributed by atoms with Crippen LogP contribution >= 0.6 is 0 Å². The molecule has 6 nitrogen and oxygen atoms in total. The Kier molecular flexibility index (Phi) is 11.2. The van der Waals surface area contributed by atoms with Gasteiger partial charge in [0.2, 0.25) is 5.88 Å². The molecule has 0 saturated carbocycles. The van der Waals surface area contributed by atoms with Gasteiger partial charge in [-0.05, 0) is 55.4 Å². The molecule has 0 saturated heterocycles. The van der Waals surface area contributed by atoms with Crippen molar-refractivity contribution in [2.24, 2.45) is 5.92 Å². The lowest BCUT2D eigenvalue weighted by atomic mass is 9.94. The highest BCUT2D eigenvalue weighted by Gasteiger charge is 2.14. The van der Waals surface area contributed by atoms with Crippen molar-refractivity contribution in [2.45, 2.75) is 85.5 Å². The fourth-order valence-electron chi connectivity index (χ4n) is 4.40. The third-order valence-corrected chi connectivity index (χ3v) is 6.90. The van der Waals surface area contributed by atoms with Gasteiger partial charge in [0.1, 0.15) is 5.58 Å². The molecule has 0 radical (unpaired) electrons. The van der Waals surface area contributed by atoms with E-state index in [0.29, 0.717) is 30.2 Å². The number of carbonyl (C=O) groups excluding carboxylic acids is 1. The van der Waals surface area contributed by atoms with Crippen LogP contribution in [0.15, 0.2) is 45.7 Å². The number of aromatic nitrogens is 1. The second-order valence-corrected chi connectivity index (χ2v) is 9.77. The lowest BCUT2D eigenvalue weighted by Crippen LogP contribution is -2.14. The molecule has 3 rings (SSSR count). The first kappa shape index (κ1) is 28.4. The Morgan fingerprint density at radius 2 is 1.70 bits per heavy atom. The van der Waals surface area contributed by atoms with E-state index in [2.05, 4.69) is 18.0 Å². The van der Waals surface area contributed by atoms with Gasteiger partial charge in [-0.15, -0.1) is 0 Å². The maximum absolute atomic E-state index is 12.8. The molecule has 1 aromatic carbocycles. The molecule has 0 fully saturated rings. The number of pyridine rings is 1. The summed E-state index contributed by atoms with van der Waals surface area (Å²) >= 11 is 0. The van der Waals surface area contributed by atoms with E-state index in [4.69, 9.17) is 13.9 Å². The van der Waals surface area contributed by atoms with Crippen LogP contribution in [-0.2, 0) is 16.0 Å². The van der Waals surface area contributed by atoms with Crippen molar-refractivity contribution in [3.8, 4) is 17.0 Å². The molecule has 0 amide bonds. The van der Waals surface area contributed by atoms with Gasteiger partial charge >= 0.3 is 11.6 Å². The number of aryl methyl sites for hydroxylation is 2. The van der Waals surface area contributed by atoms with Crippen LogP contribution in [0, 0.1) is 12.8 Å². The van der Waals surface area contributed by atoms with Crippen LogP contribution in [0.2, 0.25) is 0 Å². The molecule has 200 valence electrons. The average Bonchev–Trinajstić information content (AvgIpc) is 2.90. The minimum atomic E-state index is -0.345. The van der Waals surface area contributed by atoms with Gasteiger partial charge < -0.3 is 13.9 Å². The number of fused-ring (bicyclic) bond motifs is 1. The number of esters is 1. The van der Waals surface area contributed by atoms with E-state index in [0.717, 1.165) is 73.4 Å². The fraction of sp³-hybridized carbons (Fsp3) is 0.516. The minimum Gasteiger partial charge on any atom is -0.478 e. The van der Waals surface area contributed by atoms with Gasteiger partial charge in [0.25, 0.3) is 0 Å². The SMILES string of the molecule is CCc1cccc(C)c1-c1cc2cnc(OCCCCCCCCCOC(=O)C(C)CC)cc2oc1=O. The Bertz CT molecular complexity index is 1220. The van der Waals surface area contributed by atoms with Crippen LogP contribution < -0.4 is 10.4 Å². The summed E-state index contributed by atoms with van der Waals surface area (Å²) < 4.78 is 16.8. The van der Waals surface area contributed by atoms with Crippen molar-refractivity contribution in [3.63, 3.8) is 0 Å². The van der Waals surface area contributed by atoms with Gasteiger partial charge in [-0.3, -0.25) is 4.79 Å². The van der Waals surface area contributed by atoms with Crippen LogP contribution in [0.4, 0.5) is 0 Å². The number of ether oxygens (including phenoxy) is 2. The highest BCUT2D eigenvalue weighted by atomic mass is 16.5. The lowest BCUT2D eigenvalue weighted by molar-refractivity contribution is -0.148. The summed E-state index contributed by atoms with van der Waals surface area (Å²) in [5.41, 5.74) is 3.85. The molecule has 6 heteroatoms. The molecule has 3 aromatic rings. The van der Waals surface area contributed by atoms with E-state index in [1.54, 1.807) is 12.3 Å². The third-order valence-electron chi connectivity index (χ3n) is 6.90. The summed E-state index contributed by atoms with van der Waals surface area (Å²) in [6.45, 7) is 9.12. The molecule has 1 unspecified atom stereocenters. The molecule has 37 heavy (non-hydrogen) atoms. The normalized spacial score (nSPS) is 12.0. The Hall–Kier alpha value is -3.15. The van der Waals surface area contributed by atoms with Crippen LogP contribution in [0.3, 0.4) is 0 Å². The summed E-state index contributed by atoms with van der Waals surface area (Å²) in [5.74, 6) is 0.389. The van der Waals surface area contributed by atoms with E-state index >= 15 is 0 Å². The molecular weight excluding hydrogens is 466 g/mol. The van der Waals surface area contributed by atoms with Gasteiger partial charge in [-0.1, -0.05) is 71.1 Å². The summed E-state index contributed by atoms with van der Waals surface area (Å²) in [6, 6.07) is 9.65. The highest BCUT2D eigenvalue weighted by molar-refractivity contribution is 5.83. The lowest BCUT2D eigenvalue weighted by Gasteiger charge is -2.11. The Balaban J connectivity index is 1.40. The summed E-state index contributed by atoms with van der Waals surface area (Å²) in [5, 5.41) is 0.780. The summed E-state index contributed by atoms with van der Waals surface area (Å²) in [4.78, 5) is 28.9. The van der Waals surface area contributed by atoms with Crippen molar-refractivity contribution >= 4 is 16.9 Å². The topological polar surface area (TPSA) is 78.6 Å². The summed E-state index contributed by atoms with van der Waals surface area (Å²) in [6.07, 6.45) is 10.9. The molecule has 0 N–H and O–H groups in total. The number of benzene rings is 1. The smallest absolute Gasteiger partial charge is 0.344 e. The van der Waals surface area contributed by atoms with Crippen LogP contribution in [0.1, 0.15) is 83.3 Å². The van der Waals surface area contributed by atoms with Gasteiger partial charge in [0.15, 0.2) is 0 Å². The maximum Gasteiger partial charge on any atom is 0.344 e. The predicted molar refractivity (Wildman–Crippen MR) is 148 cm³/mol. The van der Waals surface area contributed by atoms with E-state index in [1.807, 2.05) is 39.0 Å². The molecule has 2 aromatic heterocycles. The van der Waals surface area contributed by atoms with Crippen LogP contribution in [0.25, 0.3) is 22.1 Å². The Labute approximate surface area is 220 Å². The highest BCUT2D eigenvalue weighted by Crippen LogP contribution is 2.28. The zero-order chi connectivity index (χ0) is 26.6. The number of rotatable bonds is 15. The van der Waals surface area contributed by atoms with Crippen molar-refractivity contribution in [2.75, 3.05) is 13.2 Å². The molecule has 1 atom stereocenters. The van der Waals surface area contributed by atoms with Gasteiger partial charge in [-0.25, -0.2) is 9.78 Å². The van der Waals surface area contributed by atoms with Crippen molar-refractivity contribution in [3.05, 3.63) is 58.1 Å². The Morgan fingerprint density at radius 3 is 2.41 bits per heavy atom. The fourth-order valence-corrected chi connectivity index (χ4v) is 4.40. The zero-order valence-electron chi connectivity index (χ0n) is 22.8. The first-order valence-corrected chi connectivity index (χ1v) is 13.8. The monoisotopic (exact) mass is 507 g/mol. The first-order valence-electron chi connectivity index (χ1n) is 13.8. The standard InChI is InChI=1S/C31H41NO5/c1-5-22(3)30(33)36-18-13-11-9-7-8-10-12-17-35-28-20-27-25(21-32-28)19-26(31(34)37-27)29-23(4)15-14-16-24(29)6-2/h14-16,19-22H,5-13,17-18H2,1-4H3. The van der Waals surface area contributed by atoms with Gasteiger partial charge in [0, 0.05) is 17.6 Å². The van der Waals surface area contributed by atoms with Gasteiger partial charge in [-0.2, -0.15) is 0 Å². The summed E-state index contributed by atoms with van der Waals surface area (Å²) in [7, 11) is 0. The third kappa shape index (κ3) is 8.17. The number of nitrogens with zero attached hydrogens (tertiary/aromatic N) is 1. The van der Waals surface area contributed by atoms with Gasteiger partial charge in [0.05, 0.1) is 24.7 Å². The Morgan fingerprint density at radius 1 is 1.00 bits per heavy atom. The number of hydrogen-bond acceptors (Lipinski definition) is 6. The largest absolute Gasteiger partial charge is 0.478 e. The van der Waals surface area contributed by atoms with Crippen molar-refractivity contribution < 1.29 is 18.7 Å².